The second kappa shape index (κ2) is 5.03. The molecule has 1 aromatic heterocycles. The second-order valence-corrected chi connectivity index (χ2v) is 4.41. The van der Waals surface area contributed by atoms with E-state index in [0.717, 1.165) is 6.42 Å². The van der Waals surface area contributed by atoms with Gasteiger partial charge in [0.1, 0.15) is 5.78 Å². The highest BCUT2D eigenvalue weighted by molar-refractivity contribution is 5.92. The summed E-state index contributed by atoms with van der Waals surface area (Å²) in [6, 6.07) is 0. The third-order valence-corrected chi connectivity index (χ3v) is 3.22. The van der Waals surface area contributed by atoms with E-state index in [1.807, 2.05) is 6.92 Å². The summed E-state index contributed by atoms with van der Waals surface area (Å²) in [5.41, 5.74) is 0. The molecule has 0 radical (unpaired) electrons. The van der Waals surface area contributed by atoms with E-state index in [1.165, 1.54) is 12.4 Å². The predicted molar refractivity (Wildman–Crippen MR) is 62.2 cm³/mol. The largest absolute Gasteiger partial charge is 0.309 e. The van der Waals surface area contributed by atoms with Crippen molar-refractivity contribution < 1.29 is 9.59 Å². The lowest BCUT2D eigenvalue weighted by atomic mass is 9.92. The maximum absolute atomic E-state index is 11.9. The molecule has 1 saturated carbocycles. The van der Waals surface area contributed by atoms with Gasteiger partial charge in [-0.15, -0.1) is 0 Å². The number of ketones is 1. The molecule has 0 saturated heterocycles. The molecule has 1 aromatic rings. The van der Waals surface area contributed by atoms with Crippen molar-refractivity contribution in [3.05, 3.63) is 18.6 Å². The number of aromatic nitrogens is 2. The quantitative estimate of drug-likeness (QED) is 0.857. The average Bonchev–Trinajstić information content (AvgIpc) is 2.76. The van der Waals surface area contributed by atoms with E-state index in [1.54, 1.807) is 6.20 Å². The van der Waals surface area contributed by atoms with E-state index in [0.29, 0.717) is 18.7 Å². The van der Waals surface area contributed by atoms with Crippen LogP contribution in [0.1, 0.15) is 26.2 Å². The molecular formula is C12H15N3O2. The van der Waals surface area contributed by atoms with Gasteiger partial charge in [-0.2, -0.15) is 0 Å². The van der Waals surface area contributed by atoms with Crippen LogP contribution in [-0.2, 0) is 9.59 Å². The van der Waals surface area contributed by atoms with E-state index >= 15 is 0 Å². The Morgan fingerprint density at radius 2 is 2.35 bits per heavy atom. The van der Waals surface area contributed by atoms with Crippen LogP contribution in [0.25, 0.3) is 0 Å². The highest BCUT2D eigenvalue weighted by atomic mass is 16.2. The Morgan fingerprint density at radius 3 is 2.94 bits per heavy atom. The monoisotopic (exact) mass is 233 g/mol. The summed E-state index contributed by atoms with van der Waals surface area (Å²) in [6.45, 7) is 1.86. The standard InChI is InChI=1S/C12H15N3O2/c1-8(9-2-3-10(16)6-9)12(17)15-11-7-13-4-5-14-11/h4-5,7-9H,2-3,6H2,1H3,(H,14,15,17)/t8-,9?/m0/s1. The van der Waals surface area contributed by atoms with E-state index < -0.39 is 0 Å². The molecular weight excluding hydrogens is 218 g/mol. The van der Waals surface area contributed by atoms with Crippen molar-refractivity contribution in [3.63, 3.8) is 0 Å². The second-order valence-electron chi connectivity index (χ2n) is 4.41. The van der Waals surface area contributed by atoms with E-state index in [2.05, 4.69) is 15.3 Å². The molecule has 1 amide bonds. The highest BCUT2D eigenvalue weighted by Gasteiger charge is 2.30. The van der Waals surface area contributed by atoms with Crippen LogP contribution in [0.5, 0.6) is 0 Å². The van der Waals surface area contributed by atoms with Gasteiger partial charge in [-0.3, -0.25) is 14.6 Å². The van der Waals surface area contributed by atoms with Gasteiger partial charge >= 0.3 is 0 Å². The molecule has 1 N–H and O–H groups in total. The van der Waals surface area contributed by atoms with Gasteiger partial charge in [0.15, 0.2) is 5.82 Å². The molecule has 1 heterocycles. The summed E-state index contributed by atoms with van der Waals surface area (Å²) >= 11 is 0. The van der Waals surface area contributed by atoms with Crippen molar-refractivity contribution in [2.24, 2.45) is 11.8 Å². The topological polar surface area (TPSA) is 72.0 Å². The third-order valence-electron chi connectivity index (χ3n) is 3.22. The molecule has 2 atom stereocenters. The van der Waals surface area contributed by atoms with Crippen molar-refractivity contribution in [3.8, 4) is 0 Å². The zero-order valence-corrected chi connectivity index (χ0v) is 9.72. The number of carbonyl (C=O) groups is 2. The maximum Gasteiger partial charge on any atom is 0.228 e. The first kappa shape index (κ1) is 11.7. The average molecular weight is 233 g/mol. The van der Waals surface area contributed by atoms with Gasteiger partial charge < -0.3 is 5.32 Å². The minimum absolute atomic E-state index is 0.0924. The lowest BCUT2D eigenvalue weighted by Crippen LogP contribution is -2.26. The molecule has 5 heteroatoms. The Hall–Kier alpha value is -1.78. The number of nitrogens with zero attached hydrogens (tertiary/aromatic N) is 2. The van der Waals surface area contributed by atoms with Crippen LogP contribution in [0.4, 0.5) is 5.82 Å². The Labute approximate surface area is 99.7 Å². The molecule has 5 nitrogen and oxygen atoms in total. The zero-order valence-electron chi connectivity index (χ0n) is 9.72. The number of hydrogen-bond donors (Lipinski definition) is 1. The van der Waals surface area contributed by atoms with Crippen molar-refractivity contribution in [2.75, 3.05) is 5.32 Å². The predicted octanol–water partition coefficient (Wildman–Crippen LogP) is 1.42. The fraction of sp³-hybridized carbons (Fsp3) is 0.500. The molecule has 17 heavy (non-hydrogen) atoms. The van der Waals surface area contributed by atoms with Crippen LogP contribution in [0.2, 0.25) is 0 Å². The van der Waals surface area contributed by atoms with Crippen LogP contribution >= 0.6 is 0 Å². The maximum atomic E-state index is 11.9. The fourth-order valence-corrected chi connectivity index (χ4v) is 2.09. The summed E-state index contributed by atoms with van der Waals surface area (Å²) in [6.07, 6.45) is 6.52. The summed E-state index contributed by atoms with van der Waals surface area (Å²) in [5.74, 6) is 0.621. The first-order valence-electron chi connectivity index (χ1n) is 5.75. The van der Waals surface area contributed by atoms with E-state index in [9.17, 15) is 9.59 Å². The SMILES string of the molecule is C[C@H](C(=O)Nc1cnccn1)C1CCC(=O)C1. The Bertz CT molecular complexity index is 419. The highest BCUT2D eigenvalue weighted by Crippen LogP contribution is 2.29. The van der Waals surface area contributed by atoms with Crippen molar-refractivity contribution in [1.29, 1.82) is 0 Å². The molecule has 1 aliphatic carbocycles. The summed E-state index contributed by atoms with van der Waals surface area (Å²) in [7, 11) is 0. The first-order chi connectivity index (χ1) is 8.16. The molecule has 1 fully saturated rings. The van der Waals surface area contributed by atoms with Crippen molar-refractivity contribution >= 4 is 17.5 Å². The molecule has 0 aliphatic heterocycles. The van der Waals surface area contributed by atoms with Gasteiger partial charge in [-0.25, -0.2) is 4.98 Å². The molecule has 1 unspecified atom stereocenters. The van der Waals surface area contributed by atoms with Crippen LogP contribution in [-0.4, -0.2) is 21.7 Å². The van der Waals surface area contributed by atoms with Gasteiger partial charge in [0.2, 0.25) is 5.91 Å². The third kappa shape index (κ3) is 2.87. The summed E-state index contributed by atoms with van der Waals surface area (Å²) < 4.78 is 0. The molecule has 1 aliphatic rings. The summed E-state index contributed by atoms with van der Waals surface area (Å²) in [5, 5.41) is 2.71. The number of hydrogen-bond acceptors (Lipinski definition) is 4. The minimum atomic E-state index is -0.163. The number of carbonyl (C=O) groups excluding carboxylic acids is 2. The number of amides is 1. The number of anilines is 1. The smallest absolute Gasteiger partial charge is 0.228 e. The Morgan fingerprint density at radius 1 is 1.53 bits per heavy atom. The zero-order chi connectivity index (χ0) is 12.3. The molecule has 2 rings (SSSR count). The summed E-state index contributed by atoms with van der Waals surface area (Å²) in [4.78, 5) is 31.0. The number of Topliss-reactive ketones (excluding diaryl/α,β-unsaturated/α-hetero) is 1. The Kier molecular flexibility index (Phi) is 3.46. The van der Waals surface area contributed by atoms with Gasteiger partial charge in [0, 0.05) is 31.2 Å². The lowest BCUT2D eigenvalue weighted by Gasteiger charge is -2.16. The lowest BCUT2D eigenvalue weighted by molar-refractivity contribution is -0.121. The normalized spacial score (nSPS) is 21.2. The van der Waals surface area contributed by atoms with Crippen LogP contribution < -0.4 is 5.32 Å². The first-order valence-corrected chi connectivity index (χ1v) is 5.75. The molecule has 0 spiro atoms. The van der Waals surface area contributed by atoms with Crippen LogP contribution in [0.3, 0.4) is 0 Å². The van der Waals surface area contributed by atoms with E-state index in [-0.39, 0.29) is 23.5 Å². The van der Waals surface area contributed by atoms with Gasteiger partial charge in [0.25, 0.3) is 0 Å². The van der Waals surface area contributed by atoms with E-state index in [4.69, 9.17) is 0 Å². The van der Waals surface area contributed by atoms with Gasteiger partial charge in [-0.1, -0.05) is 6.92 Å². The van der Waals surface area contributed by atoms with Crippen LogP contribution in [0, 0.1) is 11.8 Å². The van der Waals surface area contributed by atoms with Crippen LogP contribution in [0.15, 0.2) is 18.6 Å². The molecule has 0 aromatic carbocycles. The number of nitrogens with one attached hydrogen (secondary N) is 1. The molecule has 0 bridgehead atoms. The fourth-order valence-electron chi connectivity index (χ4n) is 2.09. The van der Waals surface area contributed by atoms with Crippen molar-refractivity contribution in [1.82, 2.24) is 9.97 Å². The number of rotatable bonds is 3. The van der Waals surface area contributed by atoms with Gasteiger partial charge in [-0.05, 0) is 12.3 Å². The Balaban J connectivity index is 1.94. The van der Waals surface area contributed by atoms with Crippen molar-refractivity contribution in [2.45, 2.75) is 26.2 Å². The molecule has 90 valence electrons. The van der Waals surface area contributed by atoms with Gasteiger partial charge in [0.05, 0.1) is 6.20 Å². The minimum Gasteiger partial charge on any atom is -0.309 e.